The second kappa shape index (κ2) is 8.05. The number of halogens is 3. The van der Waals surface area contributed by atoms with Gasteiger partial charge in [0.05, 0.1) is 18.7 Å². The Hall–Kier alpha value is -2.37. The van der Waals surface area contributed by atoms with Crippen LogP contribution in [0.2, 0.25) is 15.1 Å². The Kier molecular flexibility index (Phi) is 5.60. The number of nitrogens with zero attached hydrogens (tertiary/aromatic N) is 1. The molecule has 0 aliphatic carbocycles. The minimum atomic E-state index is -2.03. The maximum atomic E-state index is 13.3. The molecule has 152 valence electrons. The molecule has 1 heterocycles. The predicted molar refractivity (Wildman–Crippen MR) is 118 cm³/mol. The van der Waals surface area contributed by atoms with Gasteiger partial charge in [0.25, 0.3) is 5.91 Å². The number of anilines is 1. The monoisotopic (exact) mass is 459 g/mol. The lowest BCUT2D eigenvalue weighted by molar-refractivity contribution is -0.136. The summed E-state index contributed by atoms with van der Waals surface area (Å²) in [6.07, 6.45) is -0.417. The van der Waals surface area contributed by atoms with Crippen LogP contribution in [0.15, 0.2) is 66.7 Å². The van der Waals surface area contributed by atoms with Crippen LogP contribution in [0.3, 0.4) is 0 Å². The Morgan fingerprint density at radius 2 is 1.60 bits per heavy atom. The fourth-order valence-corrected chi connectivity index (χ4v) is 4.11. The molecule has 3 aromatic rings. The quantitative estimate of drug-likeness (QED) is 0.500. The van der Waals surface area contributed by atoms with E-state index in [1.807, 2.05) is 6.07 Å². The number of fused-ring (bicyclic) bond motifs is 1. The van der Waals surface area contributed by atoms with Gasteiger partial charge < -0.3 is 10.0 Å². The van der Waals surface area contributed by atoms with E-state index in [9.17, 15) is 14.7 Å². The first-order chi connectivity index (χ1) is 14.3. The van der Waals surface area contributed by atoms with Gasteiger partial charge in [0.1, 0.15) is 0 Å². The van der Waals surface area contributed by atoms with Crippen LogP contribution in [0.5, 0.6) is 0 Å². The average molecular weight is 461 g/mol. The SMILES string of the molecule is O=C(C[C@@]1(O)C(=O)N(Cc2ccccc2Cl)c2ccc(Cl)cc21)c1ccc(Cl)cc1. The Balaban J connectivity index is 1.72. The summed E-state index contributed by atoms with van der Waals surface area (Å²) in [4.78, 5) is 27.6. The number of hydrogen-bond acceptors (Lipinski definition) is 3. The second-order valence-electron chi connectivity index (χ2n) is 7.11. The molecule has 0 unspecified atom stereocenters. The van der Waals surface area contributed by atoms with E-state index in [1.54, 1.807) is 54.6 Å². The maximum Gasteiger partial charge on any atom is 0.264 e. The van der Waals surface area contributed by atoms with E-state index >= 15 is 0 Å². The first kappa shape index (κ1) is 20.9. The van der Waals surface area contributed by atoms with Gasteiger partial charge >= 0.3 is 0 Å². The molecule has 1 atom stereocenters. The van der Waals surface area contributed by atoms with Crippen molar-refractivity contribution in [1.82, 2.24) is 0 Å². The highest BCUT2D eigenvalue weighted by Crippen LogP contribution is 2.45. The number of aliphatic hydroxyl groups is 1. The number of amides is 1. The number of carbonyl (C=O) groups excluding carboxylic acids is 2. The summed E-state index contributed by atoms with van der Waals surface area (Å²) in [6.45, 7) is 0.157. The molecule has 0 spiro atoms. The smallest absolute Gasteiger partial charge is 0.264 e. The molecular formula is C23H16Cl3NO3. The van der Waals surface area contributed by atoms with Crippen LogP contribution in [-0.4, -0.2) is 16.8 Å². The fraction of sp³-hybridized carbons (Fsp3) is 0.130. The first-order valence-corrected chi connectivity index (χ1v) is 10.3. The summed E-state index contributed by atoms with van der Waals surface area (Å²) < 4.78 is 0. The molecule has 0 bridgehead atoms. The molecule has 1 amide bonds. The van der Waals surface area contributed by atoms with Gasteiger partial charge in [-0.05, 0) is 54.1 Å². The molecular weight excluding hydrogens is 445 g/mol. The molecule has 0 saturated carbocycles. The summed E-state index contributed by atoms with van der Waals surface area (Å²) in [5.74, 6) is -0.977. The summed E-state index contributed by atoms with van der Waals surface area (Å²) in [5.41, 5.74) is -0.154. The van der Waals surface area contributed by atoms with Crippen molar-refractivity contribution in [3.8, 4) is 0 Å². The van der Waals surface area contributed by atoms with Crippen molar-refractivity contribution in [2.75, 3.05) is 4.90 Å². The summed E-state index contributed by atoms with van der Waals surface area (Å²) in [6, 6.07) is 18.3. The minimum Gasteiger partial charge on any atom is -0.375 e. The first-order valence-electron chi connectivity index (χ1n) is 9.16. The van der Waals surface area contributed by atoms with Crippen LogP contribution in [0.25, 0.3) is 0 Å². The molecule has 3 aromatic carbocycles. The molecule has 30 heavy (non-hydrogen) atoms. The Morgan fingerprint density at radius 1 is 0.933 bits per heavy atom. The summed E-state index contributed by atoms with van der Waals surface area (Å²) in [7, 11) is 0. The molecule has 7 heteroatoms. The molecule has 1 N–H and O–H groups in total. The molecule has 0 saturated heterocycles. The van der Waals surface area contributed by atoms with Gasteiger partial charge in [0, 0.05) is 26.2 Å². The molecule has 0 radical (unpaired) electrons. The van der Waals surface area contributed by atoms with Gasteiger partial charge in [0.2, 0.25) is 0 Å². The minimum absolute atomic E-state index is 0.157. The van der Waals surface area contributed by atoms with Crippen molar-refractivity contribution in [3.63, 3.8) is 0 Å². The zero-order valence-corrected chi connectivity index (χ0v) is 17.9. The van der Waals surface area contributed by atoms with Crippen molar-refractivity contribution in [2.24, 2.45) is 0 Å². The number of ketones is 1. The third-order valence-electron chi connectivity index (χ3n) is 5.16. The van der Waals surface area contributed by atoms with Gasteiger partial charge in [-0.25, -0.2) is 0 Å². The number of rotatable bonds is 5. The molecule has 4 nitrogen and oxygen atoms in total. The van der Waals surface area contributed by atoms with Crippen LogP contribution < -0.4 is 4.90 Å². The highest BCUT2D eigenvalue weighted by Gasteiger charge is 2.51. The Bertz CT molecular complexity index is 1150. The molecule has 4 rings (SSSR count). The van der Waals surface area contributed by atoms with Crippen LogP contribution in [0, 0.1) is 0 Å². The van der Waals surface area contributed by atoms with Crippen molar-refractivity contribution in [2.45, 2.75) is 18.6 Å². The number of hydrogen-bond donors (Lipinski definition) is 1. The highest BCUT2D eigenvalue weighted by atomic mass is 35.5. The van der Waals surface area contributed by atoms with Crippen molar-refractivity contribution >= 4 is 52.2 Å². The van der Waals surface area contributed by atoms with E-state index in [2.05, 4.69) is 0 Å². The van der Waals surface area contributed by atoms with Crippen LogP contribution in [0.4, 0.5) is 5.69 Å². The average Bonchev–Trinajstić information content (AvgIpc) is 2.91. The van der Waals surface area contributed by atoms with Crippen molar-refractivity contribution in [3.05, 3.63) is 98.5 Å². The highest BCUT2D eigenvalue weighted by molar-refractivity contribution is 6.32. The topological polar surface area (TPSA) is 57.6 Å². The normalized spacial score (nSPS) is 17.9. The number of Topliss-reactive ketones (excluding diaryl/α,β-unsaturated/α-hetero) is 1. The van der Waals surface area contributed by atoms with E-state index in [0.29, 0.717) is 31.9 Å². The van der Waals surface area contributed by atoms with Crippen molar-refractivity contribution in [1.29, 1.82) is 0 Å². The lowest BCUT2D eigenvalue weighted by atomic mass is 9.88. The molecule has 1 aliphatic rings. The third kappa shape index (κ3) is 3.72. The number of benzene rings is 3. The van der Waals surface area contributed by atoms with Gasteiger partial charge in [-0.1, -0.05) is 53.0 Å². The van der Waals surface area contributed by atoms with Gasteiger partial charge in [0.15, 0.2) is 11.4 Å². The van der Waals surface area contributed by atoms with Crippen LogP contribution >= 0.6 is 34.8 Å². The van der Waals surface area contributed by atoms with E-state index < -0.39 is 17.9 Å². The van der Waals surface area contributed by atoms with Crippen LogP contribution in [-0.2, 0) is 16.9 Å². The Morgan fingerprint density at radius 3 is 2.30 bits per heavy atom. The van der Waals surface area contributed by atoms with E-state index in [-0.39, 0.29) is 12.3 Å². The lowest BCUT2D eigenvalue weighted by Gasteiger charge is -2.23. The number of carbonyl (C=O) groups is 2. The zero-order chi connectivity index (χ0) is 21.5. The lowest BCUT2D eigenvalue weighted by Crippen LogP contribution is -2.41. The fourth-order valence-electron chi connectivity index (χ4n) is 3.62. The standard InChI is InChI=1S/C23H16Cl3NO3/c24-16-7-5-14(6-8-16)21(28)12-23(30)18-11-17(25)9-10-20(18)27(22(23)29)13-15-3-1-2-4-19(15)26/h1-11,30H,12-13H2/t23-/m0/s1. The molecule has 0 aromatic heterocycles. The van der Waals surface area contributed by atoms with Gasteiger partial charge in [-0.3, -0.25) is 9.59 Å². The summed E-state index contributed by atoms with van der Waals surface area (Å²) >= 11 is 18.3. The van der Waals surface area contributed by atoms with E-state index in [4.69, 9.17) is 34.8 Å². The largest absolute Gasteiger partial charge is 0.375 e. The van der Waals surface area contributed by atoms with Crippen LogP contribution in [0.1, 0.15) is 27.9 Å². The van der Waals surface area contributed by atoms with Gasteiger partial charge in [-0.2, -0.15) is 0 Å². The third-order valence-corrected chi connectivity index (χ3v) is 6.02. The molecule has 1 aliphatic heterocycles. The predicted octanol–water partition coefficient (Wildman–Crippen LogP) is 5.65. The second-order valence-corrected chi connectivity index (χ2v) is 8.39. The van der Waals surface area contributed by atoms with Gasteiger partial charge in [-0.15, -0.1) is 0 Å². The van der Waals surface area contributed by atoms with E-state index in [0.717, 1.165) is 5.56 Å². The maximum absolute atomic E-state index is 13.3. The Labute approximate surface area is 188 Å². The summed E-state index contributed by atoms with van der Waals surface area (Å²) in [5, 5.41) is 12.8. The zero-order valence-electron chi connectivity index (χ0n) is 15.6. The van der Waals surface area contributed by atoms with E-state index in [1.165, 1.54) is 11.0 Å². The van der Waals surface area contributed by atoms with Crippen molar-refractivity contribution < 1.29 is 14.7 Å². The molecule has 0 fully saturated rings.